The number of benzene rings is 2. The second-order valence-electron chi connectivity index (χ2n) is 5.02. The Bertz CT molecular complexity index is 952. The molecule has 0 aliphatic heterocycles. The van der Waals surface area contributed by atoms with E-state index in [1.54, 1.807) is 42.6 Å². The maximum Gasteiger partial charge on any atom is 0.270 e. The van der Waals surface area contributed by atoms with Gasteiger partial charge in [-0.2, -0.15) is 5.26 Å². The van der Waals surface area contributed by atoms with Gasteiger partial charge in [0.2, 0.25) is 5.88 Å². The summed E-state index contributed by atoms with van der Waals surface area (Å²) in [6, 6.07) is 18.5. The molecule has 0 radical (unpaired) electrons. The topological polar surface area (TPSA) is 101 Å². The molecule has 7 heteroatoms. The first kappa shape index (κ1) is 16.0. The number of hydrogen-bond donors (Lipinski definition) is 1. The molecule has 1 N–H and O–H groups in total. The zero-order valence-electron chi connectivity index (χ0n) is 12.9. The Morgan fingerprint density at radius 2 is 2.00 bits per heavy atom. The van der Waals surface area contributed by atoms with Gasteiger partial charge in [0, 0.05) is 36.1 Å². The van der Waals surface area contributed by atoms with Crippen molar-refractivity contribution in [2.24, 2.45) is 0 Å². The summed E-state index contributed by atoms with van der Waals surface area (Å²) in [4.78, 5) is 14.4. The van der Waals surface area contributed by atoms with Crippen LogP contribution in [0.1, 0.15) is 5.56 Å². The minimum Gasteiger partial charge on any atom is -0.439 e. The number of nitrogens with zero attached hydrogens (tertiary/aromatic N) is 3. The summed E-state index contributed by atoms with van der Waals surface area (Å²) >= 11 is 0. The minimum atomic E-state index is -0.536. The Hall–Kier alpha value is -3.92. The Labute approximate surface area is 143 Å². The van der Waals surface area contributed by atoms with Gasteiger partial charge in [-0.1, -0.05) is 12.1 Å². The van der Waals surface area contributed by atoms with E-state index in [0.717, 1.165) is 0 Å². The van der Waals surface area contributed by atoms with Crippen LogP contribution < -0.4 is 10.1 Å². The van der Waals surface area contributed by atoms with E-state index in [0.29, 0.717) is 23.0 Å². The molecule has 0 bridgehead atoms. The van der Waals surface area contributed by atoms with E-state index < -0.39 is 4.92 Å². The Morgan fingerprint density at radius 3 is 2.72 bits per heavy atom. The summed E-state index contributed by atoms with van der Waals surface area (Å²) in [7, 11) is 0. The van der Waals surface area contributed by atoms with Gasteiger partial charge < -0.3 is 10.1 Å². The van der Waals surface area contributed by atoms with Gasteiger partial charge in [-0.3, -0.25) is 10.1 Å². The molecule has 7 nitrogen and oxygen atoms in total. The van der Waals surface area contributed by atoms with Gasteiger partial charge in [0.1, 0.15) is 11.8 Å². The number of rotatable bonds is 5. The van der Waals surface area contributed by atoms with E-state index in [9.17, 15) is 15.4 Å². The van der Waals surface area contributed by atoms with E-state index in [1.165, 1.54) is 18.2 Å². The summed E-state index contributed by atoms with van der Waals surface area (Å²) in [6.07, 6.45) is 1.63. The molecule has 0 saturated heterocycles. The van der Waals surface area contributed by atoms with Crippen LogP contribution in [0.5, 0.6) is 11.6 Å². The second kappa shape index (κ2) is 7.10. The second-order valence-corrected chi connectivity index (χ2v) is 5.02. The van der Waals surface area contributed by atoms with E-state index in [4.69, 9.17) is 4.74 Å². The third-order valence-electron chi connectivity index (χ3n) is 3.31. The standard InChI is InChI=1S/C18H12N4O3/c19-12-13-10-15(22(23)24)7-8-17(13)21-14-4-3-5-16(11-14)25-18-6-1-2-9-20-18/h1-11,21H. The van der Waals surface area contributed by atoms with Gasteiger partial charge >= 0.3 is 0 Å². The highest BCUT2D eigenvalue weighted by Gasteiger charge is 2.11. The lowest BCUT2D eigenvalue weighted by Crippen LogP contribution is -1.96. The molecule has 0 unspecified atom stereocenters. The smallest absolute Gasteiger partial charge is 0.270 e. The molecule has 0 aliphatic carbocycles. The van der Waals surface area contributed by atoms with Crippen molar-refractivity contribution in [2.45, 2.75) is 0 Å². The van der Waals surface area contributed by atoms with Crippen molar-refractivity contribution in [3.8, 4) is 17.7 Å². The third-order valence-corrected chi connectivity index (χ3v) is 3.31. The van der Waals surface area contributed by atoms with Gasteiger partial charge in [-0.15, -0.1) is 0 Å². The molecular formula is C18H12N4O3. The van der Waals surface area contributed by atoms with Gasteiger partial charge in [0.25, 0.3) is 5.69 Å². The number of nitro groups is 1. The summed E-state index contributed by atoms with van der Waals surface area (Å²) in [6.45, 7) is 0. The number of ether oxygens (including phenoxy) is 1. The zero-order chi connectivity index (χ0) is 17.6. The van der Waals surface area contributed by atoms with Crippen LogP contribution in [0.2, 0.25) is 0 Å². The summed E-state index contributed by atoms with van der Waals surface area (Å²) in [5, 5.41) is 23.1. The van der Waals surface area contributed by atoms with Crippen molar-refractivity contribution in [1.82, 2.24) is 4.98 Å². The van der Waals surface area contributed by atoms with E-state index in [-0.39, 0.29) is 11.3 Å². The zero-order valence-corrected chi connectivity index (χ0v) is 12.9. The summed E-state index contributed by atoms with van der Waals surface area (Å²) in [5.41, 5.74) is 1.21. The highest BCUT2D eigenvalue weighted by Crippen LogP contribution is 2.28. The lowest BCUT2D eigenvalue weighted by Gasteiger charge is -2.10. The van der Waals surface area contributed by atoms with Crippen LogP contribution in [-0.4, -0.2) is 9.91 Å². The average molecular weight is 332 g/mol. The van der Waals surface area contributed by atoms with Crippen LogP contribution >= 0.6 is 0 Å². The number of aromatic nitrogens is 1. The Kier molecular flexibility index (Phi) is 4.53. The molecule has 1 aromatic heterocycles. The maximum absolute atomic E-state index is 10.8. The monoisotopic (exact) mass is 332 g/mol. The van der Waals surface area contributed by atoms with E-state index in [2.05, 4.69) is 10.3 Å². The Morgan fingerprint density at radius 1 is 1.12 bits per heavy atom. The fourth-order valence-corrected chi connectivity index (χ4v) is 2.17. The molecule has 2 aromatic carbocycles. The molecule has 0 fully saturated rings. The number of pyridine rings is 1. The minimum absolute atomic E-state index is 0.130. The average Bonchev–Trinajstić information content (AvgIpc) is 2.63. The first-order valence-corrected chi connectivity index (χ1v) is 7.30. The SMILES string of the molecule is N#Cc1cc([N+](=O)[O-])ccc1Nc1cccc(Oc2ccccn2)c1. The Balaban J connectivity index is 1.83. The lowest BCUT2D eigenvalue weighted by molar-refractivity contribution is -0.384. The predicted octanol–water partition coefficient (Wildman–Crippen LogP) is 4.40. The van der Waals surface area contributed by atoms with Crippen LogP contribution in [-0.2, 0) is 0 Å². The van der Waals surface area contributed by atoms with Crippen molar-refractivity contribution in [1.29, 1.82) is 5.26 Å². The predicted molar refractivity (Wildman–Crippen MR) is 91.8 cm³/mol. The molecule has 3 aromatic rings. The molecule has 0 amide bonds. The van der Waals surface area contributed by atoms with Crippen molar-refractivity contribution in [2.75, 3.05) is 5.32 Å². The largest absolute Gasteiger partial charge is 0.439 e. The van der Waals surface area contributed by atoms with Crippen molar-refractivity contribution in [3.05, 3.63) is 82.5 Å². The molecular weight excluding hydrogens is 320 g/mol. The highest BCUT2D eigenvalue weighted by molar-refractivity contribution is 5.69. The molecule has 0 atom stereocenters. The molecule has 3 rings (SSSR count). The number of hydrogen-bond acceptors (Lipinski definition) is 6. The van der Waals surface area contributed by atoms with Crippen molar-refractivity contribution < 1.29 is 9.66 Å². The lowest BCUT2D eigenvalue weighted by atomic mass is 10.1. The highest BCUT2D eigenvalue weighted by atomic mass is 16.6. The summed E-state index contributed by atoms with van der Waals surface area (Å²) in [5.74, 6) is 1.04. The third kappa shape index (κ3) is 3.89. The fraction of sp³-hybridized carbons (Fsp3) is 0. The number of nitrogens with one attached hydrogen (secondary N) is 1. The normalized spacial score (nSPS) is 9.88. The molecule has 1 heterocycles. The van der Waals surface area contributed by atoms with E-state index >= 15 is 0 Å². The van der Waals surface area contributed by atoms with Gasteiger partial charge in [-0.05, 0) is 24.3 Å². The van der Waals surface area contributed by atoms with Crippen molar-refractivity contribution in [3.63, 3.8) is 0 Å². The number of non-ortho nitro benzene ring substituents is 1. The van der Waals surface area contributed by atoms with Crippen LogP contribution in [0.3, 0.4) is 0 Å². The first-order chi connectivity index (χ1) is 12.2. The van der Waals surface area contributed by atoms with E-state index in [1.807, 2.05) is 12.1 Å². The molecule has 25 heavy (non-hydrogen) atoms. The maximum atomic E-state index is 10.8. The first-order valence-electron chi connectivity index (χ1n) is 7.30. The van der Waals surface area contributed by atoms with Gasteiger partial charge in [0.05, 0.1) is 16.2 Å². The number of nitro benzene ring substituents is 1. The number of anilines is 2. The summed E-state index contributed by atoms with van der Waals surface area (Å²) < 4.78 is 5.66. The van der Waals surface area contributed by atoms with Gasteiger partial charge in [-0.25, -0.2) is 4.98 Å². The van der Waals surface area contributed by atoms with Crippen LogP contribution in [0.25, 0.3) is 0 Å². The molecule has 122 valence electrons. The quantitative estimate of drug-likeness (QED) is 0.549. The van der Waals surface area contributed by atoms with Crippen LogP contribution in [0.15, 0.2) is 66.9 Å². The van der Waals surface area contributed by atoms with Crippen molar-refractivity contribution >= 4 is 17.1 Å². The molecule has 0 aliphatic rings. The van der Waals surface area contributed by atoms with Gasteiger partial charge in [0.15, 0.2) is 0 Å². The van der Waals surface area contributed by atoms with Crippen LogP contribution in [0, 0.1) is 21.4 Å². The number of nitriles is 1. The molecule has 0 spiro atoms. The molecule has 0 saturated carbocycles. The van der Waals surface area contributed by atoms with Crippen LogP contribution in [0.4, 0.5) is 17.1 Å². The fourth-order valence-electron chi connectivity index (χ4n) is 2.17.